The molecule has 0 saturated heterocycles. The number of nitrogens with zero attached hydrogens (tertiary/aromatic N) is 2. The van der Waals surface area contributed by atoms with Crippen LogP contribution in [0.1, 0.15) is 33.9 Å². The van der Waals surface area contributed by atoms with Gasteiger partial charge in [0.15, 0.2) is 0 Å². The highest BCUT2D eigenvalue weighted by atomic mass is 32.2. The number of para-hydroxylation sites is 1. The van der Waals surface area contributed by atoms with Gasteiger partial charge < -0.3 is 15.0 Å². The summed E-state index contributed by atoms with van der Waals surface area (Å²) in [5.74, 6) is 0.501. The van der Waals surface area contributed by atoms with Crippen molar-refractivity contribution in [1.82, 2.24) is 10.2 Å². The van der Waals surface area contributed by atoms with Crippen molar-refractivity contribution in [1.29, 1.82) is 0 Å². The second kappa shape index (κ2) is 10.5. The summed E-state index contributed by atoms with van der Waals surface area (Å²) in [6.07, 6.45) is 1.64. The van der Waals surface area contributed by atoms with Crippen LogP contribution >= 0.6 is 0 Å². The van der Waals surface area contributed by atoms with Crippen LogP contribution < -0.4 is 14.4 Å². The Morgan fingerprint density at radius 2 is 1.80 bits per heavy atom. The van der Waals surface area contributed by atoms with Crippen molar-refractivity contribution in [2.24, 2.45) is 0 Å². The highest BCUT2D eigenvalue weighted by Gasteiger charge is 2.29. The number of likely N-dealkylation sites (N-methyl/N-ethyl adjacent to an activating group) is 1. The van der Waals surface area contributed by atoms with Crippen LogP contribution in [-0.4, -0.2) is 53.5 Å². The third-order valence-corrected chi connectivity index (χ3v) is 8.16. The number of rotatable bonds is 8. The van der Waals surface area contributed by atoms with E-state index in [1.54, 1.807) is 19.2 Å². The second-order valence-electron chi connectivity index (χ2n) is 8.80. The molecule has 1 aliphatic heterocycles. The fourth-order valence-electron chi connectivity index (χ4n) is 4.39. The van der Waals surface area contributed by atoms with Gasteiger partial charge >= 0.3 is 0 Å². The molecule has 0 spiro atoms. The standard InChI is InChI=1S/C27H31N3O4S/c1-29(2)26(22-9-6-11-23(18-22)34-3)19-28-27(31)21-13-15-24(16-14-21)35(32,33)30-17-7-10-20-8-4-5-12-25(20)30/h4-6,8-9,11-16,18,26H,7,10,17,19H2,1-3H3,(H,28,31). The lowest BCUT2D eigenvalue weighted by Crippen LogP contribution is -2.35. The quantitative estimate of drug-likeness (QED) is 0.515. The largest absolute Gasteiger partial charge is 0.497 e. The number of benzene rings is 3. The Balaban J connectivity index is 1.47. The van der Waals surface area contributed by atoms with Gasteiger partial charge in [0.25, 0.3) is 15.9 Å². The minimum atomic E-state index is -3.71. The zero-order valence-electron chi connectivity index (χ0n) is 20.3. The van der Waals surface area contributed by atoms with Crippen LogP contribution in [0.15, 0.2) is 77.7 Å². The molecule has 0 fully saturated rings. The molecule has 0 aliphatic carbocycles. The third-order valence-electron chi connectivity index (χ3n) is 6.33. The zero-order valence-corrected chi connectivity index (χ0v) is 21.1. The maximum Gasteiger partial charge on any atom is 0.264 e. The van der Waals surface area contributed by atoms with E-state index in [-0.39, 0.29) is 16.8 Å². The molecule has 4 rings (SSSR count). The van der Waals surface area contributed by atoms with Gasteiger partial charge in [-0.05, 0) is 80.5 Å². The summed E-state index contributed by atoms with van der Waals surface area (Å²) < 4.78 is 33.5. The molecule has 1 unspecified atom stereocenters. The van der Waals surface area contributed by atoms with Crippen molar-refractivity contribution in [3.63, 3.8) is 0 Å². The topological polar surface area (TPSA) is 78.9 Å². The van der Waals surface area contributed by atoms with E-state index in [2.05, 4.69) is 5.32 Å². The number of aryl methyl sites for hydroxylation is 1. The van der Waals surface area contributed by atoms with Crippen LogP contribution in [0.2, 0.25) is 0 Å². The predicted molar refractivity (Wildman–Crippen MR) is 137 cm³/mol. The minimum Gasteiger partial charge on any atom is -0.497 e. The number of fused-ring (bicyclic) bond motifs is 1. The second-order valence-corrected chi connectivity index (χ2v) is 10.7. The molecule has 0 saturated carbocycles. The molecule has 184 valence electrons. The Morgan fingerprint density at radius 1 is 1.06 bits per heavy atom. The van der Waals surface area contributed by atoms with Gasteiger partial charge in [-0.15, -0.1) is 0 Å². The van der Waals surface area contributed by atoms with Crippen molar-refractivity contribution in [3.8, 4) is 5.75 Å². The molecule has 3 aromatic carbocycles. The van der Waals surface area contributed by atoms with E-state index in [0.717, 1.165) is 35.4 Å². The SMILES string of the molecule is COc1cccc(C(CNC(=O)c2ccc(S(=O)(=O)N3CCCc4ccccc43)cc2)N(C)C)c1. The molecule has 0 bridgehead atoms. The molecular weight excluding hydrogens is 462 g/mol. The number of carbonyl (C=O) groups excluding carboxylic acids is 1. The molecular formula is C27H31N3O4S. The summed E-state index contributed by atoms with van der Waals surface area (Å²) in [6.45, 7) is 0.835. The Kier molecular flexibility index (Phi) is 7.42. The van der Waals surface area contributed by atoms with Crippen LogP contribution in [-0.2, 0) is 16.4 Å². The first kappa shape index (κ1) is 24.8. The van der Waals surface area contributed by atoms with Crippen LogP contribution in [0.3, 0.4) is 0 Å². The molecule has 1 N–H and O–H groups in total. The summed E-state index contributed by atoms with van der Waals surface area (Å²) in [6, 6.07) is 21.4. The van der Waals surface area contributed by atoms with E-state index in [0.29, 0.717) is 18.7 Å². The highest BCUT2D eigenvalue weighted by molar-refractivity contribution is 7.92. The van der Waals surface area contributed by atoms with Gasteiger partial charge in [0.05, 0.1) is 23.7 Å². The van der Waals surface area contributed by atoms with Crippen molar-refractivity contribution < 1.29 is 17.9 Å². The van der Waals surface area contributed by atoms with E-state index in [4.69, 9.17) is 4.74 Å². The zero-order chi connectivity index (χ0) is 25.0. The number of nitrogens with one attached hydrogen (secondary N) is 1. The van der Waals surface area contributed by atoms with Crippen molar-refractivity contribution in [3.05, 3.63) is 89.5 Å². The Hall–Kier alpha value is -3.36. The molecule has 1 amide bonds. The molecule has 3 aromatic rings. The van der Waals surface area contributed by atoms with Gasteiger partial charge in [-0.2, -0.15) is 0 Å². The Morgan fingerprint density at radius 3 is 2.51 bits per heavy atom. The number of hydrogen-bond acceptors (Lipinski definition) is 5. The van der Waals surface area contributed by atoms with Gasteiger partial charge in [0, 0.05) is 18.7 Å². The lowest BCUT2D eigenvalue weighted by Gasteiger charge is -2.30. The monoisotopic (exact) mass is 493 g/mol. The molecule has 1 atom stereocenters. The maximum absolute atomic E-state index is 13.3. The lowest BCUT2D eigenvalue weighted by atomic mass is 10.0. The summed E-state index contributed by atoms with van der Waals surface area (Å²) in [4.78, 5) is 15.0. The number of ether oxygens (including phenoxy) is 1. The predicted octanol–water partition coefficient (Wildman–Crippen LogP) is 3.87. The number of amides is 1. The van der Waals surface area contributed by atoms with Gasteiger partial charge in [-0.1, -0.05) is 30.3 Å². The third kappa shape index (κ3) is 5.33. The molecule has 0 aromatic heterocycles. The van der Waals surface area contributed by atoms with Crippen LogP contribution in [0, 0.1) is 0 Å². The molecule has 7 nitrogen and oxygen atoms in total. The Bertz CT molecular complexity index is 1290. The van der Waals surface area contributed by atoms with Crippen LogP contribution in [0.25, 0.3) is 0 Å². The molecule has 35 heavy (non-hydrogen) atoms. The smallest absolute Gasteiger partial charge is 0.264 e. The number of carbonyl (C=O) groups is 1. The van der Waals surface area contributed by atoms with Gasteiger partial charge in [0.1, 0.15) is 5.75 Å². The first-order valence-corrected chi connectivity index (χ1v) is 13.0. The first-order chi connectivity index (χ1) is 16.8. The average molecular weight is 494 g/mol. The van der Waals surface area contributed by atoms with Crippen LogP contribution in [0.5, 0.6) is 5.75 Å². The van der Waals surface area contributed by atoms with E-state index in [1.165, 1.54) is 16.4 Å². The number of methoxy groups -OCH3 is 1. The molecule has 0 radical (unpaired) electrons. The number of anilines is 1. The lowest BCUT2D eigenvalue weighted by molar-refractivity contribution is 0.0942. The van der Waals surface area contributed by atoms with Crippen molar-refractivity contribution in [2.75, 3.05) is 38.6 Å². The van der Waals surface area contributed by atoms with E-state index in [9.17, 15) is 13.2 Å². The van der Waals surface area contributed by atoms with Gasteiger partial charge in [-0.25, -0.2) is 8.42 Å². The van der Waals surface area contributed by atoms with Crippen molar-refractivity contribution in [2.45, 2.75) is 23.8 Å². The average Bonchev–Trinajstić information content (AvgIpc) is 2.88. The summed E-state index contributed by atoms with van der Waals surface area (Å²) >= 11 is 0. The fraction of sp³-hybridized carbons (Fsp3) is 0.296. The highest BCUT2D eigenvalue weighted by Crippen LogP contribution is 2.31. The first-order valence-electron chi connectivity index (χ1n) is 11.6. The number of hydrogen-bond donors (Lipinski definition) is 1. The van der Waals surface area contributed by atoms with E-state index in [1.807, 2.05) is 67.5 Å². The Labute approximate surface area is 207 Å². The van der Waals surface area contributed by atoms with Crippen molar-refractivity contribution >= 4 is 21.6 Å². The summed E-state index contributed by atoms with van der Waals surface area (Å²) in [5.41, 5.74) is 3.20. The van der Waals surface area contributed by atoms with Gasteiger partial charge in [-0.3, -0.25) is 9.10 Å². The fourth-order valence-corrected chi connectivity index (χ4v) is 5.93. The maximum atomic E-state index is 13.3. The van der Waals surface area contributed by atoms with E-state index < -0.39 is 10.0 Å². The van der Waals surface area contributed by atoms with Crippen LogP contribution in [0.4, 0.5) is 5.69 Å². The number of sulfonamides is 1. The molecule has 1 heterocycles. The van der Waals surface area contributed by atoms with Gasteiger partial charge in [0.2, 0.25) is 0 Å². The molecule has 8 heteroatoms. The minimum absolute atomic E-state index is 0.0483. The summed E-state index contributed by atoms with van der Waals surface area (Å²) in [7, 11) is 1.82. The summed E-state index contributed by atoms with van der Waals surface area (Å²) in [5, 5.41) is 2.97. The normalized spacial score (nSPS) is 14.3. The molecule has 1 aliphatic rings. The van der Waals surface area contributed by atoms with E-state index >= 15 is 0 Å².